The zero-order valence-electron chi connectivity index (χ0n) is 10.9. The number of hydrogen-bond donors (Lipinski definition) is 4. The number of aromatic amines is 1. The number of aromatic nitrogens is 4. The van der Waals surface area contributed by atoms with Crippen LogP contribution in [0.5, 0.6) is 0 Å². The lowest BCUT2D eigenvalue weighted by atomic mass is 10.4. The molecule has 0 fully saturated rings. The standard InChI is InChI=1S/C11H17N7O/c1-3-13-11-17-9(14-5-4-7(19)12-2)8-10(18-11)16-6-15-8/h6H,3-5H2,1-2H3,(H,12,19)(H3,13,14,15,16,17,18). The fraction of sp³-hybridized carbons (Fsp3) is 0.455. The first-order chi connectivity index (χ1) is 9.24. The molecule has 0 aliphatic carbocycles. The molecule has 0 aliphatic rings. The fourth-order valence-corrected chi connectivity index (χ4v) is 1.62. The zero-order chi connectivity index (χ0) is 13.7. The van der Waals surface area contributed by atoms with E-state index in [0.29, 0.717) is 30.4 Å². The molecule has 2 aromatic rings. The minimum Gasteiger partial charge on any atom is -0.368 e. The lowest BCUT2D eigenvalue weighted by molar-refractivity contribution is -0.120. The quantitative estimate of drug-likeness (QED) is 0.598. The Kier molecular flexibility index (Phi) is 4.11. The van der Waals surface area contributed by atoms with Crippen LogP contribution in [0.2, 0.25) is 0 Å². The van der Waals surface area contributed by atoms with Crippen molar-refractivity contribution in [3.05, 3.63) is 6.33 Å². The van der Waals surface area contributed by atoms with Crippen LogP contribution in [0.25, 0.3) is 11.2 Å². The Morgan fingerprint density at radius 2 is 2.21 bits per heavy atom. The number of nitrogens with one attached hydrogen (secondary N) is 4. The van der Waals surface area contributed by atoms with E-state index in [1.54, 1.807) is 13.4 Å². The van der Waals surface area contributed by atoms with Crippen molar-refractivity contribution in [3.8, 4) is 0 Å². The highest BCUT2D eigenvalue weighted by atomic mass is 16.1. The molecule has 0 atom stereocenters. The molecular formula is C11H17N7O. The van der Waals surface area contributed by atoms with Gasteiger partial charge < -0.3 is 20.9 Å². The van der Waals surface area contributed by atoms with Gasteiger partial charge in [-0.3, -0.25) is 4.79 Å². The summed E-state index contributed by atoms with van der Waals surface area (Å²) < 4.78 is 0. The monoisotopic (exact) mass is 263 g/mol. The molecule has 4 N–H and O–H groups in total. The molecule has 0 unspecified atom stereocenters. The summed E-state index contributed by atoms with van der Waals surface area (Å²) in [5.41, 5.74) is 1.33. The number of anilines is 2. The number of H-pyrrole nitrogens is 1. The summed E-state index contributed by atoms with van der Waals surface area (Å²) in [7, 11) is 1.61. The van der Waals surface area contributed by atoms with E-state index in [-0.39, 0.29) is 5.91 Å². The molecule has 19 heavy (non-hydrogen) atoms. The maximum Gasteiger partial charge on any atom is 0.226 e. The van der Waals surface area contributed by atoms with Gasteiger partial charge in [0, 0.05) is 26.6 Å². The van der Waals surface area contributed by atoms with Gasteiger partial charge in [0.05, 0.1) is 6.33 Å². The van der Waals surface area contributed by atoms with Crippen LogP contribution in [0.4, 0.5) is 11.8 Å². The van der Waals surface area contributed by atoms with Crippen molar-refractivity contribution < 1.29 is 4.79 Å². The highest BCUT2D eigenvalue weighted by Gasteiger charge is 2.09. The van der Waals surface area contributed by atoms with E-state index in [4.69, 9.17) is 0 Å². The first-order valence-electron chi connectivity index (χ1n) is 6.14. The Labute approximate surface area is 110 Å². The van der Waals surface area contributed by atoms with Gasteiger partial charge >= 0.3 is 0 Å². The van der Waals surface area contributed by atoms with Crippen molar-refractivity contribution in [1.82, 2.24) is 25.3 Å². The molecule has 2 heterocycles. The molecule has 0 aliphatic heterocycles. The topological polar surface area (TPSA) is 108 Å². The van der Waals surface area contributed by atoms with Crippen molar-refractivity contribution in [2.24, 2.45) is 0 Å². The average Bonchev–Trinajstić information content (AvgIpc) is 2.87. The van der Waals surface area contributed by atoms with Gasteiger partial charge in [0.25, 0.3) is 0 Å². The zero-order valence-corrected chi connectivity index (χ0v) is 10.9. The Morgan fingerprint density at radius 3 is 2.95 bits per heavy atom. The van der Waals surface area contributed by atoms with E-state index in [9.17, 15) is 4.79 Å². The first kappa shape index (κ1) is 13.1. The SMILES string of the molecule is CCNc1nc(NCCC(=O)NC)c2[nH]cnc2n1. The van der Waals surface area contributed by atoms with Crippen molar-refractivity contribution in [3.63, 3.8) is 0 Å². The summed E-state index contributed by atoms with van der Waals surface area (Å²) >= 11 is 0. The average molecular weight is 263 g/mol. The summed E-state index contributed by atoms with van der Waals surface area (Å²) in [6, 6.07) is 0. The largest absolute Gasteiger partial charge is 0.368 e. The van der Waals surface area contributed by atoms with Gasteiger partial charge in [-0.25, -0.2) is 4.98 Å². The van der Waals surface area contributed by atoms with Crippen molar-refractivity contribution in [2.45, 2.75) is 13.3 Å². The minimum absolute atomic E-state index is 0.0192. The highest BCUT2D eigenvalue weighted by Crippen LogP contribution is 2.18. The predicted molar refractivity (Wildman–Crippen MR) is 73.0 cm³/mol. The molecule has 0 bridgehead atoms. The second-order valence-electron chi connectivity index (χ2n) is 3.88. The van der Waals surface area contributed by atoms with Gasteiger partial charge in [-0.05, 0) is 6.92 Å². The molecule has 0 spiro atoms. The van der Waals surface area contributed by atoms with Gasteiger partial charge in [0.2, 0.25) is 11.9 Å². The van der Waals surface area contributed by atoms with E-state index in [2.05, 4.69) is 35.9 Å². The molecule has 0 saturated carbocycles. The molecule has 8 heteroatoms. The summed E-state index contributed by atoms with van der Waals surface area (Å²) in [5, 5.41) is 8.73. The molecular weight excluding hydrogens is 246 g/mol. The third kappa shape index (κ3) is 3.09. The van der Waals surface area contributed by atoms with Crippen LogP contribution >= 0.6 is 0 Å². The van der Waals surface area contributed by atoms with Gasteiger partial charge in [0.15, 0.2) is 11.5 Å². The number of amides is 1. The lowest BCUT2D eigenvalue weighted by Crippen LogP contribution is -2.21. The number of fused-ring (bicyclic) bond motifs is 1. The van der Waals surface area contributed by atoms with Crippen molar-refractivity contribution >= 4 is 28.8 Å². The Bertz CT molecular complexity index is 565. The molecule has 102 valence electrons. The van der Waals surface area contributed by atoms with Crippen LogP contribution in [0.1, 0.15) is 13.3 Å². The number of imidazole rings is 1. The number of nitrogens with zero attached hydrogens (tertiary/aromatic N) is 3. The minimum atomic E-state index is -0.0192. The summed E-state index contributed by atoms with van der Waals surface area (Å²) in [6.45, 7) is 3.20. The molecule has 0 saturated heterocycles. The van der Waals surface area contributed by atoms with Crippen LogP contribution in [0, 0.1) is 0 Å². The van der Waals surface area contributed by atoms with Gasteiger partial charge in [0.1, 0.15) is 5.52 Å². The van der Waals surface area contributed by atoms with Gasteiger partial charge in [-0.15, -0.1) is 0 Å². The summed E-state index contributed by atoms with van der Waals surface area (Å²) in [6.07, 6.45) is 1.95. The molecule has 8 nitrogen and oxygen atoms in total. The van der Waals surface area contributed by atoms with Gasteiger partial charge in [-0.1, -0.05) is 0 Å². The fourth-order valence-electron chi connectivity index (χ4n) is 1.62. The van der Waals surface area contributed by atoms with E-state index < -0.39 is 0 Å². The van der Waals surface area contributed by atoms with E-state index in [1.807, 2.05) is 6.92 Å². The summed E-state index contributed by atoms with van der Waals surface area (Å²) in [4.78, 5) is 26.9. The summed E-state index contributed by atoms with van der Waals surface area (Å²) in [5.74, 6) is 1.14. The Balaban J connectivity index is 2.15. The highest BCUT2D eigenvalue weighted by molar-refractivity contribution is 5.84. The smallest absolute Gasteiger partial charge is 0.226 e. The predicted octanol–water partition coefficient (Wildman–Crippen LogP) is 0.333. The maximum atomic E-state index is 11.2. The third-order valence-electron chi connectivity index (χ3n) is 2.54. The molecule has 1 amide bonds. The number of carbonyl (C=O) groups is 1. The van der Waals surface area contributed by atoms with Crippen LogP contribution in [0.15, 0.2) is 6.33 Å². The third-order valence-corrected chi connectivity index (χ3v) is 2.54. The second kappa shape index (κ2) is 5.98. The van der Waals surface area contributed by atoms with Gasteiger partial charge in [-0.2, -0.15) is 9.97 Å². The number of rotatable bonds is 6. The van der Waals surface area contributed by atoms with Crippen LogP contribution < -0.4 is 16.0 Å². The lowest BCUT2D eigenvalue weighted by Gasteiger charge is -2.08. The van der Waals surface area contributed by atoms with E-state index >= 15 is 0 Å². The number of hydrogen-bond acceptors (Lipinski definition) is 6. The van der Waals surface area contributed by atoms with Crippen LogP contribution in [-0.4, -0.2) is 46.0 Å². The second-order valence-corrected chi connectivity index (χ2v) is 3.88. The Hall–Kier alpha value is -2.38. The molecule has 2 rings (SSSR count). The Morgan fingerprint density at radius 1 is 1.37 bits per heavy atom. The number of carbonyl (C=O) groups excluding carboxylic acids is 1. The normalized spacial score (nSPS) is 10.4. The van der Waals surface area contributed by atoms with Crippen molar-refractivity contribution in [1.29, 1.82) is 0 Å². The molecule has 0 radical (unpaired) electrons. The van der Waals surface area contributed by atoms with Crippen molar-refractivity contribution in [2.75, 3.05) is 30.8 Å². The molecule has 2 aromatic heterocycles. The van der Waals surface area contributed by atoms with E-state index in [1.165, 1.54) is 0 Å². The molecule has 0 aromatic carbocycles. The van der Waals surface area contributed by atoms with Crippen LogP contribution in [0.3, 0.4) is 0 Å². The van der Waals surface area contributed by atoms with Crippen LogP contribution in [-0.2, 0) is 4.79 Å². The van der Waals surface area contributed by atoms with E-state index in [0.717, 1.165) is 12.1 Å². The maximum absolute atomic E-state index is 11.2. The first-order valence-corrected chi connectivity index (χ1v) is 6.14.